The third kappa shape index (κ3) is 1.56. The Hall–Kier alpha value is -1.85. The molecule has 1 saturated heterocycles. The van der Waals surface area contributed by atoms with E-state index in [1.54, 1.807) is 13.1 Å². The highest BCUT2D eigenvalue weighted by atomic mass is 16.5. The summed E-state index contributed by atoms with van der Waals surface area (Å²) in [7, 11) is 1.57. The van der Waals surface area contributed by atoms with Gasteiger partial charge in [0.15, 0.2) is 5.82 Å². The third-order valence-corrected chi connectivity index (χ3v) is 2.45. The number of urea groups is 1. The standard InChI is InChI=1S/C10H13N3O3/c1-6(2)7-4-8(11-16-7)13-9(14)5-12(3)10(13)15/h4,6H,5H2,1-3H3. The first-order chi connectivity index (χ1) is 7.50. The molecule has 1 aromatic heterocycles. The van der Waals surface area contributed by atoms with Crippen molar-refractivity contribution in [1.29, 1.82) is 0 Å². The molecule has 6 heteroatoms. The summed E-state index contributed by atoms with van der Waals surface area (Å²) in [6, 6.07) is 1.26. The minimum Gasteiger partial charge on any atom is -0.359 e. The average Bonchev–Trinajstić information content (AvgIpc) is 2.74. The van der Waals surface area contributed by atoms with Crippen LogP contribution in [-0.2, 0) is 4.79 Å². The number of carbonyl (C=O) groups excluding carboxylic acids is 2. The number of rotatable bonds is 2. The Bertz CT molecular complexity index is 438. The molecule has 0 unspecified atom stereocenters. The van der Waals surface area contributed by atoms with E-state index in [1.165, 1.54) is 4.90 Å². The highest BCUT2D eigenvalue weighted by Crippen LogP contribution is 2.23. The van der Waals surface area contributed by atoms with Crippen LogP contribution in [0.1, 0.15) is 25.5 Å². The SMILES string of the molecule is CC(C)c1cc(N2C(=O)CN(C)C2=O)no1. The van der Waals surface area contributed by atoms with Crippen molar-refractivity contribution >= 4 is 17.8 Å². The highest BCUT2D eigenvalue weighted by molar-refractivity contribution is 6.19. The van der Waals surface area contributed by atoms with Crippen molar-refractivity contribution in [1.82, 2.24) is 10.1 Å². The zero-order valence-corrected chi connectivity index (χ0v) is 9.43. The molecular weight excluding hydrogens is 210 g/mol. The molecule has 0 bridgehead atoms. The summed E-state index contributed by atoms with van der Waals surface area (Å²) in [5.74, 6) is 0.816. The summed E-state index contributed by atoms with van der Waals surface area (Å²) >= 11 is 0. The van der Waals surface area contributed by atoms with E-state index in [0.717, 1.165) is 4.90 Å². The fourth-order valence-electron chi connectivity index (χ4n) is 1.50. The van der Waals surface area contributed by atoms with Crippen LogP contribution in [0, 0.1) is 0 Å². The molecule has 3 amide bonds. The molecular formula is C10H13N3O3. The molecule has 0 saturated carbocycles. The Morgan fingerprint density at radius 1 is 1.44 bits per heavy atom. The molecule has 0 aliphatic carbocycles. The second kappa shape index (κ2) is 3.62. The number of hydrogen-bond acceptors (Lipinski definition) is 4. The maximum absolute atomic E-state index is 11.6. The zero-order valence-electron chi connectivity index (χ0n) is 9.43. The van der Waals surface area contributed by atoms with Crippen LogP contribution in [-0.4, -0.2) is 35.6 Å². The van der Waals surface area contributed by atoms with Crippen molar-refractivity contribution in [3.8, 4) is 0 Å². The van der Waals surface area contributed by atoms with Gasteiger partial charge in [0, 0.05) is 19.0 Å². The molecule has 0 aromatic carbocycles. The lowest BCUT2D eigenvalue weighted by atomic mass is 10.1. The largest absolute Gasteiger partial charge is 0.359 e. The van der Waals surface area contributed by atoms with Gasteiger partial charge in [0.2, 0.25) is 0 Å². The number of aromatic nitrogens is 1. The highest BCUT2D eigenvalue weighted by Gasteiger charge is 2.36. The van der Waals surface area contributed by atoms with E-state index in [0.29, 0.717) is 5.76 Å². The van der Waals surface area contributed by atoms with Gasteiger partial charge in [0.25, 0.3) is 5.91 Å². The van der Waals surface area contributed by atoms with Crippen LogP contribution >= 0.6 is 0 Å². The van der Waals surface area contributed by atoms with Gasteiger partial charge in [0.1, 0.15) is 12.3 Å². The molecule has 2 rings (SSSR count). The number of imide groups is 1. The van der Waals surface area contributed by atoms with Gasteiger partial charge in [-0.25, -0.2) is 9.69 Å². The van der Waals surface area contributed by atoms with Gasteiger partial charge in [0.05, 0.1) is 0 Å². The predicted octanol–water partition coefficient (Wildman–Crippen LogP) is 1.20. The Morgan fingerprint density at radius 2 is 2.12 bits per heavy atom. The van der Waals surface area contributed by atoms with E-state index >= 15 is 0 Å². The molecule has 6 nitrogen and oxygen atoms in total. The van der Waals surface area contributed by atoms with Gasteiger partial charge in [-0.3, -0.25) is 4.79 Å². The Labute approximate surface area is 92.8 Å². The van der Waals surface area contributed by atoms with E-state index in [-0.39, 0.29) is 30.2 Å². The smallest absolute Gasteiger partial charge is 0.332 e. The van der Waals surface area contributed by atoms with Crippen LogP contribution in [0.15, 0.2) is 10.6 Å². The number of hydrogen-bond donors (Lipinski definition) is 0. The van der Waals surface area contributed by atoms with Crippen LogP contribution < -0.4 is 4.90 Å². The molecule has 0 radical (unpaired) electrons. The first-order valence-corrected chi connectivity index (χ1v) is 5.05. The quantitative estimate of drug-likeness (QED) is 0.706. The number of likely N-dealkylation sites (N-methyl/N-ethyl adjacent to an activating group) is 1. The van der Waals surface area contributed by atoms with Crippen molar-refractivity contribution in [2.75, 3.05) is 18.5 Å². The monoisotopic (exact) mass is 223 g/mol. The Morgan fingerprint density at radius 3 is 2.56 bits per heavy atom. The van der Waals surface area contributed by atoms with Crippen molar-refractivity contribution in [3.05, 3.63) is 11.8 Å². The maximum atomic E-state index is 11.6. The summed E-state index contributed by atoms with van der Waals surface area (Å²) in [5.41, 5.74) is 0. The molecule has 1 aliphatic heterocycles. The van der Waals surface area contributed by atoms with Gasteiger partial charge in [-0.2, -0.15) is 0 Å². The van der Waals surface area contributed by atoms with Crippen LogP contribution in [0.5, 0.6) is 0 Å². The fourth-order valence-corrected chi connectivity index (χ4v) is 1.50. The van der Waals surface area contributed by atoms with Crippen LogP contribution in [0.25, 0.3) is 0 Å². The van der Waals surface area contributed by atoms with Crippen molar-refractivity contribution in [2.45, 2.75) is 19.8 Å². The number of amides is 3. The van der Waals surface area contributed by atoms with Crippen LogP contribution in [0.2, 0.25) is 0 Å². The number of nitrogens with zero attached hydrogens (tertiary/aromatic N) is 3. The van der Waals surface area contributed by atoms with E-state index < -0.39 is 0 Å². The lowest BCUT2D eigenvalue weighted by Gasteiger charge is -2.09. The Balaban J connectivity index is 2.30. The van der Waals surface area contributed by atoms with Gasteiger partial charge in [-0.1, -0.05) is 19.0 Å². The minimum absolute atomic E-state index is 0.0860. The lowest BCUT2D eigenvalue weighted by Crippen LogP contribution is -2.31. The van der Waals surface area contributed by atoms with Crippen molar-refractivity contribution < 1.29 is 14.1 Å². The second-order valence-corrected chi connectivity index (χ2v) is 4.11. The fraction of sp³-hybridized carbons (Fsp3) is 0.500. The van der Waals surface area contributed by atoms with Gasteiger partial charge < -0.3 is 9.42 Å². The first kappa shape index (κ1) is 10.7. The van der Waals surface area contributed by atoms with Crippen LogP contribution in [0.4, 0.5) is 10.6 Å². The topological polar surface area (TPSA) is 66.7 Å². The van der Waals surface area contributed by atoms with Crippen molar-refractivity contribution in [3.63, 3.8) is 0 Å². The molecule has 2 heterocycles. The van der Waals surface area contributed by atoms with Crippen LogP contribution in [0.3, 0.4) is 0 Å². The van der Waals surface area contributed by atoms with E-state index in [4.69, 9.17) is 4.52 Å². The van der Waals surface area contributed by atoms with E-state index in [2.05, 4.69) is 5.16 Å². The minimum atomic E-state index is -0.367. The summed E-state index contributed by atoms with van der Waals surface area (Å²) < 4.78 is 5.06. The summed E-state index contributed by atoms with van der Waals surface area (Å²) in [5, 5.41) is 3.74. The number of anilines is 1. The third-order valence-electron chi connectivity index (χ3n) is 2.45. The van der Waals surface area contributed by atoms with Crippen molar-refractivity contribution in [2.24, 2.45) is 0 Å². The van der Waals surface area contributed by atoms with Gasteiger partial charge in [-0.15, -0.1) is 0 Å². The zero-order chi connectivity index (χ0) is 11.9. The van der Waals surface area contributed by atoms with E-state index in [9.17, 15) is 9.59 Å². The summed E-state index contributed by atoms with van der Waals surface area (Å²) in [4.78, 5) is 25.6. The maximum Gasteiger partial charge on any atom is 0.332 e. The molecule has 0 atom stereocenters. The lowest BCUT2D eigenvalue weighted by molar-refractivity contribution is -0.116. The molecule has 1 aliphatic rings. The molecule has 0 spiro atoms. The first-order valence-electron chi connectivity index (χ1n) is 5.05. The van der Waals surface area contributed by atoms with Gasteiger partial charge >= 0.3 is 6.03 Å². The predicted molar refractivity (Wildman–Crippen MR) is 56.1 cm³/mol. The summed E-state index contributed by atoms with van der Waals surface area (Å²) in [6.45, 7) is 3.98. The second-order valence-electron chi connectivity index (χ2n) is 4.11. The van der Waals surface area contributed by atoms with Gasteiger partial charge in [-0.05, 0) is 0 Å². The molecule has 86 valence electrons. The Kier molecular flexibility index (Phi) is 2.41. The molecule has 1 fully saturated rings. The molecule has 0 N–H and O–H groups in total. The normalized spacial score (nSPS) is 16.8. The summed E-state index contributed by atoms with van der Waals surface area (Å²) in [6.07, 6.45) is 0. The average molecular weight is 223 g/mol. The molecule has 16 heavy (non-hydrogen) atoms. The number of carbonyl (C=O) groups is 2. The van der Waals surface area contributed by atoms with E-state index in [1.807, 2.05) is 13.8 Å². The molecule has 1 aromatic rings.